The SMILES string of the molecule is CCN(CC)S(=O)(=O)NC(CCC(N)=O)C(=O)O. The van der Waals surface area contributed by atoms with Gasteiger partial charge in [0.1, 0.15) is 6.04 Å². The first kappa shape index (κ1) is 16.8. The lowest BCUT2D eigenvalue weighted by atomic mass is 10.2. The van der Waals surface area contributed by atoms with Crippen molar-refractivity contribution in [2.24, 2.45) is 5.73 Å². The van der Waals surface area contributed by atoms with Gasteiger partial charge in [-0.25, -0.2) is 0 Å². The summed E-state index contributed by atoms with van der Waals surface area (Å²) in [5, 5.41) is 8.88. The molecule has 106 valence electrons. The Morgan fingerprint density at radius 2 is 1.83 bits per heavy atom. The minimum atomic E-state index is -3.86. The molecule has 8 nitrogen and oxygen atoms in total. The number of hydrogen-bond donors (Lipinski definition) is 3. The number of nitrogens with two attached hydrogens (primary N) is 1. The first-order valence-corrected chi connectivity index (χ1v) is 6.97. The molecule has 0 aromatic carbocycles. The maximum atomic E-state index is 11.8. The molecule has 0 bridgehead atoms. The van der Waals surface area contributed by atoms with Crippen molar-refractivity contribution >= 4 is 22.1 Å². The van der Waals surface area contributed by atoms with Crippen LogP contribution in [0.3, 0.4) is 0 Å². The second-order valence-corrected chi connectivity index (χ2v) is 5.31. The number of carboxylic acid groups (broad SMARTS) is 1. The largest absolute Gasteiger partial charge is 0.480 e. The number of nitrogens with one attached hydrogen (secondary N) is 1. The second kappa shape index (κ2) is 7.29. The maximum absolute atomic E-state index is 11.8. The molecule has 0 aliphatic heterocycles. The lowest BCUT2D eigenvalue weighted by molar-refractivity contribution is -0.139. The van der Waals surface area contributed by atoms with Crippen LogP contribution >= 0.6 is 0 Å². The van der Waals surface area contributed by atoms with Crippen LogP contribution in [0.2, 0.25) is 0 Å². The smallest absolute Gasteiger partial charge is 0.321 e. The fourth-order valence-electron chi connectivity index (χ4n) is 1.34. The van der Waals surface area contributed by atoms with Crippen LogP contribution in [-0.4, -0.2) is 48.8 Å². The van der Waals surface area contributed by atoms with E-state index in [1.165, 1.54) is 0 Å². The number of rotatable bonds is 9. The van der Waals surface area contributed by atoms with E-state index in [9.17, 15) is 18.0 Å². The first-order valence-electron chi connectivity index (χ1n) is 5.53. The van der Waals surface area contributed by atoms with Crippen LogP contribution in [0, 0.1) is 0 Å². The molecule has 1 amide bonds. The third kappa shape index (κ3) is 5.43. The second-order valence-electron chi connectivity index (χ2n) is 3.60. The molecule has 4 N–H and O–H groups in total. The van der Waals surface area contributed by atoms with Gasteiger partial charge < -0.3 is 10.8 Å². The van der Waals surface area contributed by atoms with Crippen LogP contribution < -0.4 is 10.5 Å². The van der Waals surface area contributed by atoms with Crippen LogP contribution in [0.25, 0.3) is 0 Å². The lowest BCUT2D eigenvalue weighted by Gasteiger charge is -2.21. The van der Waals surface area contributed by atoms with Gasteiger partial charge in [-0.05, 0) is 6.42 Å². The Morgan fingerprint density at radius 1 is 1.33 bits per heavy atom. The van der Waals surface area contributed by atoms with Crippen LogP contribution in [0.5, 0.6) is 0 Å². The van der Waals surface area contributed by atoms with Crippen molar-refractivity contribution in [3.63, 3.8) is 0 Å². The zero-order valence-electron chi connectivity index (χ0n) is 10.4. The van der Waals surface area contributed by atoms with Crippen LogP contribution in [0.15, 0.2) is 0 Å². The van der Waals surface area contributed by atoms with Gasteiger partial charge in [0.2, 0.25) is 5.91 Å². The average molecular weight is 281 g/mol. The Balaban J connectivity index is 4.77. The molecule has 9 heteroatoms. The lowest BCUT2D eigenvalue weighted by Crippen LogP contribution is -2.48. The van der Waals surface area contributed by atoms with E-state index < -0.39 is 28.1 Å². The van der Waals surface area contributed by atoms with Gasteiger partial charge in [-0.3, -0.25) is 9.59 Å². The van der Waals surface area contributed by atoms with Gasteiger partial charge in [0.15, 0.2) is 0 Å². The first-order chi connectivity index (χ1) is 8.24. The predicted octanol–water partition coefficient (Wildman–Crippen LogP) is -1.12. The molecule has 0 radical (unpaired) electrons. The Kier molecular flexibility index (Phi) is 6.81. The standard InChI is InChI=1S/C9H19N3O5S/c1-3-12(4-2)18(16,17)11-7(9(14)15)5-6-8(10)13/h7,11H,3-6H2,1-2H3,(H2,10,13)(H,14,15). The van der Waals surface area contributed by atoms with Crippen molar-refractivity contribution in [1.29, 1.82) is 0 Å². The molecule has 0 aliphatic rings. The van der Waals surface area contributed by atoms with E-state index in [0.717, 1.165) is 4.31 Å². The summed E-state index contributed by atoms with van der Waals surface area (Å²) in [6.45, 7) is 3.74. The highest BCUT2D eigenvalue weighted by atomic mass is 32.2. The van der Waals surface area contributed by atoms with Crippen LogP contribution in [0.4, 0.5) is 0 Å². The van der Waals surface area contributed by atoms with Gasteiger partial charge in [-0.1, -0.05) is 13.8 Å². The molecule has 0 fully saturated rings. The molecule has 0 saturated carbocycles. The number of carbonyl (C=O) groups is 2. The summed E-state index contributed by atoms with van der Waals surface area (Å²) in [5.41, 5.74) is 4.90. The van der Waals surface area contributed by atoms with Crippen molar-refractivity contribution in [2.45, 2.75) is 32.7 Å². The van der Waals surface area contributed by atoms with E-state index in [1.807, 2.05) is 4.72 Å². The quantitative estimate of drug-likeness (QED) is 0.493. The molecule has 0 aromatic rings. The van der Waals surface area contributed by atoms with Gasteiger partial charge in [0.05, 0.1) is 0 Å². The normalized spacial score (nSPS) is 13.5. The average Bonchev–Trinajstić information content (AvgIpc) is 2.24. The molecule has 0 spiro atoms. The Bertz CT molecular complexity index is 391. The van der Waals surface area contributed by atoms with E-state index in [4.69, 9.17) is 10.8 Å². The number of nitrogens with zero attached hydrogens (tertiary/aromatic N) is 1. The zero-order valence-corrected chi connectivity index (χ0v) is 11.2. The van der Waals surface area contributed by atoms with Gasteiger partial charge in [0.25, 0.3) is 10.2 Å². The molecule has 0 heterocycles. The summed E-state index contributed by atoms with van der Waals surface area (Å²) in [6.07, 6.45) is -0.372. The highest BCUT2D eigenvalue weighted by Gasteiger charge is 2.27. The molecular formula is C9H19N3O5S. The van der Waals surface area contributed by atoms with Gasteiger partial charge in [-0.2, -0.15) is 17.4 Å². The van der Waals surface area contributed by atoms with Crippen molar-refractivity contribution < 1.29 is 23.1 Å². The third-order valence-corrected chi connectivity index (χ3v) is 4.09. The van der Waals surface area contributed by atoms with Crippen molar-refractivity contribution in [1.82, 2.24) is 9.03 Å². The van der Waals surface area contributed by atoms with Crippen molar-refractivity contribution in [3.05, 3.63) is 0 Å². The number of carboxylic acids is 1. The number of aliphatic carboxylic acids is 1. The number of carbonyl (C=O) groups excluding carboxylic acids is 1. The van der Waals surface area contributed by atoms with E-state index in [-0.39, 0.29) is 25.9 Å². The predicted molar refractivity (Wildman–Crippen MR) is 64.8 cm³/mol. The van der Waals surface area contributed by atoms with Crippen LogP contribution in [-0.2, 0) is 19.8 Å². The summed E-state index contributed by atoms with van der Waals surface area (Å²) in [7, 11) is -3.86. The van der Waals surface area contributed by atoms with E-state index in [0.29, 0.717) is 0 Å². The fraction of sp³-hybridized carbons (Fsp3) is 0.778. The molecule has 0 aromatic heterocycles. The minimum absolute atomic E-state index is 0.175. The molecule has 1 unspecified atom stereocenters. The highest BCUT2D eigenvalue weighted by Crippen LogP contribution is 2.03. The fourth-order valence-corrected chi connectivity index (χ4v) is 2.74. The Morgan fingerprint density at radius 3 is 2.17 bits per heavy atom. The third-order valence-electron chi connectivity index (χ3n) is 2.31. The molecular weight excluding hydrogens is 262 g/mol. The number of primary amides is 1. The molecule has 18 heavy (non-hydrogen) atoms. The van der Waals surface area contributed by atoms with Gasteiger partial charge in [-0.15, -0.1) is 0 Å². The van der Waals surface area contributed by atoms with Gasteiger partial charge in [0, 0.05) is 19.5 Å². The van der Waals surface area contributed by atoms with Crippen molar-refractivity contribution in [2.75, 3.05) is 13.1 Å². The Labute approximate surface area is 106 Å². The molecule has 0 aliphatic carbocycles. The minimum Gasteiger partial charge on any atom is -0.480 e. The summed E-state index contributed by atoms with van der Waals surface area (Å²) < 4.78 is 26.7. The van der Waals surface area contributed by atoms with E-state index >= 15 is 0 Å². The monoisotopic (exact) mass is 281 g/mol. The number of amides is 1. The highest BCUT2D eigenvalue weighted by molar-refractivity contribution is 7.87. The van der Waals surface area contributed by atoms with Crippen LogP contribution in [0.1, 0.15) is 26.7 Å². The van der Waals surface area contributed by atoms with E-state index in [1.54, 1.807) is 13.8 Å². The molecule has 0 saturated heterocycles. The summed E-state index contributed by atoms with van der Waals surface area (Å²) in [4.78, 5) is 21.5. The zero-order chi connectivity index (χ0) is 14.3. The summed E-state index contributed by atoms with van der Waals surface area (Å²) >= 11 is 0. The topological polar surface area (TPSA) is 130 Å². The van der Waals surface area contributed by atoms with E-state index in [2.05, 4.69) is 0 Å². The maximum Gasteiger partial charge on any atom is 0.321 e. The van der Waals surface area contributed by atoms with Crippen molar-refractivity contribution in [3.8, 4) is 0 Å². The summed E-state index contributed by atoms with van der Waals surface area (Å²) in [5.74, 6) is -2.02. The number of hydrogen-bond acceptors (Lipinski definition) is 4. The summed E-state index contributed by atoms with van der Waals surface area (Å²) in [6, 6.07) is -1.36. The Hall–Kier alpha value is -1.19. The van der Waals surface area contributed by atoms with Gasteiger partial charge >= 0.3 is 5.97 Å². The molecule has 0 rings (SSSR count). The molecule has 1 atom stereocenters.